The molecule has 0 radical (unpaired) electrons. The number of benzene rings is 2. The van der Waals surface area contributed by atoms with Crippen molar-refractivity contribution in [2.75, 3.05) is 39.3 Å². The maximum atomic E-state index is 14.0. The van der Waals surface area contributed by atoms with Gasteiger partial charge in [0.25, 0.3) is 0 Å². The van der Waals surface area contributed by atoms with Gasteiger partial charge in [-0.05, 0) is 43.0 Å². The summed E-state index contributed by atoms with van der Waals surface area (Å²) < 4.78 is 14.0. The highest BCUT2D eigenvalue weighted by atomic mass is 35.5. The van der Waals surface area contributed by atoms with E-state index in [-0.39, 0.29) is 17.6 Å². The zero-order valence-corrected chi connectivity index (χ0v) is 18.0. The standard InChI is InChI=1S/C24H29ClFN3O/c25-22-8-4-9-23(26)21(22)17-29-14-12-28(13-15-29)11-5-10-27-24(30)20-16-19(20)18-6-2-1-3-7-18/h1-4,6-9,19-20H,5,10-17H2,(H,27,30)/t19-,20+/m0/s1. The molecular weight excluding hydrogens is 401 g/mol. The van der Waals surface area contributed by atoms with Gasteiger partial charge in [0.2, 0.25) is 5.91 Å². The monoisotopic (exact) mass is 429 g/mol. The van der Waals surface area contributed by atoms with Crippen LogP contribution in [-0.2, 0) is 11.3 Å². The Balaban J connectivity index is 1.11. The van der Waals surface area contributed by atoms with E-state index in [4.69, 9.17) is 11.6 Å². The van der Waals surface area contributed by atoms with Crippen molar-refractivity contribution in [3.05, 3.63) is 70.5 Å². The summed E-state index contributed by atoms with van der Waals surface area (Å²) in [5.41, 5.74) is 1.86. The van der Waals surface area contributed by atoms with Crippen LogP contribution in [0.5, 0.6) is 0 Å². The summed E-state index contributed by atoms with van der Waals surface area (Å²) in [6.07, 6.45) is 1.91. The zero-order valence-electron chi connectivity index (χ0n) is 17.2. The van der Waals surface area contributed by atoms with Crippen LogP contribution in [0.2, 0.25) is 5.02 Å². The molecular formula is C24H29ClFN3O. The fourth-order valence-electron chi connectivity index (χ4n) is 4.28. The minimum absolute atomic E-state index is 0.140. The Labute approximate surface area is 183 Å². The van der Waals surface area contributed by atoms with Crippen molar-refractivity contribution in [3.8, 4) is 0 Å². The molecule has 160 valence electrons. The van der Waals surface area contributed by atoms with Gasteiger partial charge in [0, 0.05) is 55.8 Å². The number of amides is 1. The first-order valence-corrected chi connectivity index (χ1v) is 11.2. The molecule has 2 aromatic carbocycles. The van der Waals surface area contributed by atoms with E-state index in [0.717, 1.165) is 52.1 Å². The lowest BCUT2D eigenvalue weighted by atomic mass is 10.1. The summed E-state index contributed by atoms with van der Waals surface area (Å²) in [5, 5.41) is 3.60. The summed E-state index contributed by atoms with van der Waals surface area (Å²) in [6.45, 7) is 5.97. The van der Waals surface area contributed by atoms with Crippen LogP contribution in [0.25, 0.3) is 0 Å². The summed E-state index contributed by atoms with van der Waals surface area (Å²) in [4.78, 5) is 17.0. The van der Waals surface area contributed by atoms with E-state index in [1.54, 1.807) is 12.1 Å². The molecule has 6 heteroatoms. The number of piperazine rings is 1. The number of carbonyl (C=O) groups is 1. The molecule has 2 atom stereocenters. The van der Waals surface area contributed by atoms with Gasteiger partial charge in [-0.1, -0.05) is 48.0 Å². The Kier molecular flexibility index (Phi) is 7.03. The summed E-state index contributed by atoms with van der Waals surface area (Å²) in [6, 6.07) is 15.2. The van der Waals surface area contributed by atoms with Crippen molar-refractivity contribution in [1.82, 2.24) is 15.1 Å². The predicted octanol–water partition coefficient (Wildman–Crippen LogP) is 3.91. The number of nitrogens with one attached hydrogen (secondary N) is 1. The van der Waals surface area contributed by atoms with Gasteiger partial charge in [-0.25, -0.2) is 4.39 Å². The van der Waals surface area contributed by atoms with E-state index in [1.807, 2.05) is 18.2 Å². The zero-order chi connectivity index (χ0) is 20.9. The van der Waals surface area contributed by atoms with Crippen molar-refractivity contribution in [2.45, 2.75) is 25.3 Å². The molecule has 0 spiro atoms. The summed E-state index contributed by atoms with van der Waals surface area (Å²) in [7, 11) is 0. The van der Waals surface area contributed by atoms with E-state index in [0.29, 0.717) is 23.0 Å². The van der Waals surface area contributed by atoms with Gasteiger partial charge in [-0.15, -0.1) is 0 Å². The van der Waals surface area contributed by atoms with Crippen LogP contribution in [0.15, 0.2) is 48.5 Å². The van der Waals surface area contributed by atoms with E-state index in [2.05, 4.69) is 27.2 Å². The highest BCUT2D eigenvalue weighted by molar-refractivity contribution is 6.31. The molecule has 0 bridgehead atoms. The molecule has 30 heavy (non-hydrogen) atoms. The van der Waals surface area contributed by atoms with Gasteiger partial charge in [-0.3, -0.25) is 9.69 Å². The minimum Gasteiger partial charge on any atom is -0.356 e. The van der Waals surface area contributed by atoms with E-state index >= 15 is 0 Å². The fourth-order valence-corrected chi connectivity index (χ4v) is 4.50. The second kappa shape index (κ2) is 9.90. The van der Waals surface area contributed by atoms with Crippen molar-refractivity contribution in [3.63, 3.8) is 0 Å². The molecule has 1 saturated heterocycles. The van der Waals surface area contributed by atoms with Gasteiger partial charge in [0.1, 0.15) is 5.82 Å². The maximum absolute atomic E-state index is 14.0. The highest BCUT2D eigenvalue weighted by Gasteiger charge is 2.43. The Morgan fingerprint density at radius 1 is 1.03 bits per heavy atom. The average Bonchev–Trinajstić information content (AvgIpc) is 3.57. The third kappa shape index (κ3) is 5.39. The molecule has 4 rings (SSSR count). The summed E-state index contributed by atoms with van der Waals surface area (Å²) in [5.74, 6) is 0.490. The largest absolute Gasteiger partial charge is 0.356 e. The lowest BCUT2D eigenvalue weighted by Gasteiger charge is -2.34. The van der Waals surface area contributed by atoms with E-state index in [9.17, 15) is 9.18 Å². The molecule has 1 heterocycles. The van der Waals surface area contributed by atoms with Crippen molar-refractivity contribution in [2.24, 2.45) is 5.92 Å². The lowest BCUT2D eigenvalue weighted by molar-refractivity contribution is -0.122. The van der Waals surface area contributed by atoms with Crippen molar-refractivity contribution in [1.29, 1.82) is 0 Å². The van der Waals surface area contributed by atoms with Gasteiger partial charge < -0.3 is 10.2 Å². The van der Waals surface area contributed by atoms with Crippen LogP contribution in [0, 0.1) is 11.7 Å². The number of hydrogen-bond donors (Lipinski definition) is 1. The average molecular weight is 430 g/mol. The molecule has 0 aromatic heterocycles. The molecule has 2 aliphatic rings. The molecule has 1 aliphatic carbocycles. The molecule has 2 fully saturated rings. The van der Waals surface area contributed by atoms with Crippen LogP contribution in [0.3, 0.4) is 0 Å². The van der Waals surface area contributed by atoms with Crippen molar-refractivity contribution >= 4 is 17.5 Å². The van der Waals surface area contributed by atoms with Crippen molar-refractivity contribution < 1.29 is 9.18 Å². The number of rotatable bonds is 8. The number of halogens is 2. The molecule has 1 aliphatic heterocycles. The number of carbonyl (C=O) groups excluding carboxylic acids is 1. The van der Waals surface area contributed by atoms with Crippen LogP contribution in [0.1, 0.15) is 29.9 Å². The first-order valence-electron chi connectivity index (χ1n) is 10.8. The third-order valence-corrected chi connectivity index (χ3v) is 6.57. The maximum Gasteiger partial charge on any atom is 0.223 e. The third-order valence-electron chi connectivity index (χ3n) is 6.21. The highest BCUT2D eigenvalue weighted by Crippen LogP contribution is 2.47. The molecule has 1 N–H and O–H groups in total. The SMILES string of the molecule is O=C(NCCCN1CCN(Cc2c(F)cccc2Cl)CC1)[C@@H]1C[C@H]1c1ccccc1. The van der Waals surface area contributed by atoms with Gasteiger partial charge in [0.05, 0.1) is 0 Å². The van der Waals surface area contributed by atoms with Gasteiger partial charge in [-0.2, -0.15) is 0 Å². The second-order valence-corrected chi connectivity index (χ2v) is 8.73. The topological polar surface area (TPSA) is 35.6 Å². The number of hydrogen-bond acceptors (Lipinski definition) is 3. The van der Waals surface area contributed by atoms with E-state index in [1.165, 1.54) is 11.6 Å². The molecule has 4 nitrogen and oxygen atoms in total. The minimum atomic E-state index is -0.231. The van der Waals surface area contributed by atoms with Crippen LogP contribution < -0.4 is 5.32 Å². The van der Waals surface area contributed by atoms with Gasteiger partial charge in [0.15, 0.2) is 0 Å². The second-order valence-electron chi connectivity index (χ2n) is 8.32. The van der Waals surface area contributed by atoms with Crippen LogP contribution in [-0.4, -0.2) is 55.0 Å². The Morgan fingerprint density at radius 2 is 1.77 bits per heavy atom. The smallest absolute Gasteiger partial charge is 0.223 e. The predicted molar refractivity (Wildman–Crippen MR) is 118 cm³/mol. The molecule has 0 unspecified atom stereocenters. The molecule has 1 amide bonds. The molecule has 2 aromatic rings. The normalized spacial score (nSPS) is 22.1. The van der Waals surface area contributed by atoms with Crippen LogP contribution in [0.4, 0.5) is 4.39 Å². The Hall–Kier alpha value is -1.95. The van der Waals surface area contributed by atoms with E-state index < -0.39 is 0 Å². The summed E-state index contributed by atoms with van der Waals surface area (Å²) >= 11 is 6.15. The van der Waals surface area contributed by atoms with Gasteiger partial charge >= 0.3 is 0 Å². The lowest BCUT2D eigenvalue weighted by Crippen LogP contribution is -2.46. The molecule has 1 saturated carbocycles. The number of nitrogens with zero attached hydrogens (tertiary/aromatic N) is 2. The van der Waals surface area contributed by atoms with Crippen LogP contribution >= 0.6 is 11.6 Å². The Morgan fingerprint density at radius 3 is 2.50 bits per heavy atom. The quantitative estimate of drug-likeness (QED) is 0.646. The fraction of sp³-hybridized carbons (Fsp3) is 0.458. The Bertz CT molecular complexity index is 835. The first kappa shape index (κ1) is 21.3. The first-order chi connectivity index (χ1) is 14.6.